The average Bonchev–Trinajstić information content (AvgIpc) is 2.71. The molecule has 0 unspecified atom stereocenters. The van der Waals surface area contributed by atoms with Gasteiger partial charge in [-0.25, -0.2) is 0 Å². The van der Waals surface area contributed by atoms with Crippen LogP contribution in [0.5, 0.6) is 0 Å². The summed E-state index contributed by atoms with van der Waals surface area (Å²) in [6.45, 7) is 0. The number of H-pyrrole nitrogens is 1. The van der Waals surface area contributed by atoms with Crippen molar-refractivity contribution in [3.05, 3.63) is 59.9 Å². The number of nitrogens with zero attached hydrogens (tertiary/aromatic N) is 1. The van der Waals surface area contributed by atoms with Gasteiger partial charge >= 0.3 is 0 Å². The molecule has 3 heteroatoms. The van der Waals surface area contributed by atoms with Gasteiger partial charge in [0.05, 0.1) is 5.69 Å². The van der Waals surface area contributed by atoms with E-state index in [1.54, 1.807) is 6.20 Å². The SMILES string of the molecule is N[C](c1ccccc1)c1cc[nH]n1. The summed E-state index contributed by atoms with van der Waals surface area (Å²) in [5, 5.41) is 6.74. The van der Waals surface area contributed by atoms with Gasteiger partial charge in [0.1, 0.15) is 6.04 Å². The normalized spacial score (nSPS) is 10.6. The van der Waals surface area contributed by atoms with E-state index >= 15 is 0 Å². The van der Waals surface area contributed by atoms with Crippen LogP contribution in [0, 0.1) is 6.04 Å². The van der Waals surface area contributed by atoms with E-state index in [1.807, 2.05) is 36.4 Å². The first-order valence-corrected chi connectivity index (χ1v) is 4.06. The Morgan fingerprint density at radius 1 is 1.15 bits per heavy atom. The molecule has 0 atom stereocenters. The number of hydrogen-bond donors (Lipinski definition) is 2. The summed E-state index contributed by atoms with van der Waals surface area (Å²) >= 11 is 0. The van der Waals surface area contributed by atoms with E-state index < -0.39 is 0 Å². The molecule has 0 fully saturated rings. The molecule has 1 aromatic heterocycles. The van der Waals surface area contributed by atoms with Crippen LogP contribution >= 0.6 is 0 Å². The number of aromatic nitrogens is 2. The first kappa shape index (κ1) is 8.01. The van der Waals surface area contributed by atoms with Gasteiger partial charge in [-0.1, -0.05) is 30.3 Å². The summed E-state index contributed by atoms with van der Waals surface area (Å²) in [6, 6.07) is 12.3. The number of hydrogen-bond acceptors (Lipinski definition) is 2. The maximum absolute atomic E-state index is 5.89. The fraction of sp³-hybridized carbons (Fsp3) is 0. The molecule has 0 bridgehead atoms. The van der Waals surface area contributed by atoms with E-state index in [9.17, 15) is 0 Å². The molecule has 65 valence electrons. The lowest BCUT2D eigenvalue weighted by molar-refractivity contribution is 0.991. The third-order valence-corrected chi connectivity index (χ3v) is 1.86. The van der Waals surface area contributed by atoms with Gasteiger partial charge in [0.15, 0.2) is 0 Å². The number of rotatable bonds is 2. The molecule has 1 aromatic carbocycles. The Labute approximate surface area is 76.6 Å². The van der Waals surface area contributed by atoms with Crippen LogP contribution in [0.25, 0.3) is 0 Å². The first-order chi connectivity index (χ1) is 6.38. The Morgan fingerprint density at radius 2 is 1.92 bits per heavy atom. The lowest BCUT2D eigenvalue weighted by atomic mass is 10.1. The maximum Gasteiger partial charge on any atom is 0.114 e. The summed E-state index contributed by atoms with van der Waals surface area (Å²) in [5.41, 5.74) is 7.67. The highest BCUT2D eigenvalue weighted by atomic mass is 15.1. The van der Waals surface area contributed by atoms with Crippen LogP contribution in [0.3, 0.4) is 0 Å². The second-order valence-corrected chi connectivity index (χ2v) is 2.74. The quantitative estimate of drug-likeness (QED) is 0.717. The molecule has 2 aromatic rings. The van der Waals surface area contributed by atoms with Crippen LogP contribution in [0.15, 0.2) is 42.6 Å². The predicted octanol–water partition coefficient (Wildman–Crippen LogP) is 1.30. The summed E-state index contributed by atoms with van der Waals surface area (Å²) < 4.78 is 0. The van der Waals surface area contributed by atoms with Crippen LogP contribution in [-0.2, 0) is 0 Å². The van der Waals surface area contributed by atoms with Crippen molar-refractivity contribution >= 4 is 0 Å². The topological polar surface area (TPSA) is 54.7 Å². The van der Waals surface area contributed by atoms with Crippen molar-refractivity contribution in [2.75, 3.05) is 0 Å². The van der Waals surface area contributed by atoms with E-state index in [4.69, 9.17) is 5.73 Å². The predicted molar refractivity (Wildman–Crippen MR) is 50.7 cm³/mol. The molecule has 0 spiro atoms. The zero-order valence-electron chi connectivity index (χ0n) is 7.07. The van der Waals surface area contributed by atoms with Gasteiger partial charge in [-0.2, -0.15) is 5.10 Å². The first-order valence-electron chi connectivity index (χ1n) is 4.06. The minimum Gasteiger partial charge on any atom is -0.314 e. The molecular formula is C10H10N3. The summed E-state index contributed by atoms with van der Waals surface area (Å²) in [5.74, 6) is 0. The fourth-order valence-corrected chi connectivity index (χ4v) is 1.18. The smallest absolute Gasteiger partial charge is 0.114 e. The molecule has 2 rings (SSSR count). The fourth-order valence-electron chi connectivity index (χ4n) is 1.18. The molecule has 3 nitrogen and oxygen atoms in total. The molecule has 0 aliphatic rings. The minimum atomic E-state index is 0.696. The van der Waals surface area contributed by atoms with Gasteiger partial charge in [0.25, 0.3) is 0 Å². The standard InChI is InChI=1S/C10H10N3/c11-10(9-6-7-12-13-9)8-4-2-1-3-5-8/h1-7H,11H2,(H,12,13). The number of nitrogens with two attached hydrogens (primary N) is 1. The average molecular weight is 172 g/mol. The van der Waals surface area contributed by atoms with E-state index in [0.29, 0.717) is 6.04 Å². The van der Waals surface area contributed by atoms with Crippen LogP contribution < -0.4 is 5.73 Å². The van der Waals surface area contributed by atoms with Crippen LogP contribution in [-0.4, -0.2) is 10.2 Å². The zero-order chi connectivity index (χ0) is 9.10. The second kappa shape index (κ2) is 3.41. The molecule has 0 aliphatic carbocycles. The highest BCUT2D eigenvalue weighted by Gasteiger charge is 2.10. The molecule has 0 saturated heterocycles. The minimum absolute atomic E-state index is 0.696. The maximum atomic E-state index is 5.89. The highest BCUT2D eigenvalue weighted by Crippen LogP contribution is 2.14. The van der Waals surface area contributed by atoms with Gasteiger partial charge < -0.3 is 5.73 Å². The Bertz CT molecular complexity index is 353. The monoisotopic (exact) mass is 172 g/mol. The molecule has 3 N–H and O–H groups in total. The molecule has 0 aliphatic heterocycles. The Balaban J connectivity index is 2.29. The van der Waals surface area contributed by atoms with Gasteiger partial charge in [-0.05, 0) is 11.6 Å². The molecule has 0 saturated carbocycles. The number of benzene rings is 1. The molecule has 1 radical (unpaired) electrons. The lowest BCUT2D eigenvalue weighted by Gasteiger charge is -2.06. The molecule has 13 heavy (non-hydrogen) atoms. The summed E-state index contributed by atoms with van der Waals surface area (Å²) in [7, 11) is 0. The third kappa shape index (κ3) is 1.60. The van der Waals surface area contributed by atoms with Crippen molar-refractivity contribution in [1.29, 1.82) is 0 Å². The largest absolute Gasteiger partial charge is 0.314 e. The van der Waals surface area contributed by atoms with Crippen molar-refractivity contribution in [2.45, 2.75) is 0 Å². The summed E-state index contributed by atoms with van der Waals surface area (Å²) in [6.07, 6.45) is 1.76. The van der Waals surface area contributed by atoms with Gasteiger partial charge in [-0.15, -0.1) is 0 Å². The van der Waals surface area contributed by atoms with Crippen LogP contribution in [0.4, 0.5) is 0 Å². The van der Waals surface area contributed by atoms with Gasteiger partial charge in [0, 0.05) is 6.20 Å². The molecular weight excluding hydrogens is 162 g/mol. The van der Waals surface area contributed by atoms with Gasteiger partial charge in [0.2, 0.25) is 0 Å². The van der Waals surface area contributed by atoms with Crippen LogP contribution in [0.1, 0.15) is 11.3 Å². The second-order valence-electron chi connectivity index (χ2n) is 2.74. The van der Waals surface area contributed by atoms with Crippen molar-refractivity contribution in [3.8, 4) is 0 Å². The van der Waals surface area contributed by atoms with Gasteiger partial charge in [-0.3, -0.25) is 5.10 Å². The van der Waals surface area contributed by atoms with Crippen molar-refractivity contribution in [1.82, 2.24) is 10.2 Å². The summed E-state index contributed by atoms with van der Waals surface area (Å²) in [4.78, 5) is 0. The lowest BCUT2D eigenvalue weighted by Crippen LogP contribution is -2.13. The van der Waals surface area contributed by atoms with E-state index in [2.05, 4.69) is 10.2 Å². The Hall–Kier alpha value is -1.61. The van der Waals surface area contributed by atoms with Crippen molar-refractivity contribution in [3.63, 3.8) is 0 Å². The highest BCUT2D eigenvalue weighted by molar-refractivity contribution is 5.39. The van der Waals surface area contributed by atoms with E-state index in [1.165, 1.54) is 0 Å². The molecule has 1 heterocycles. The third-order valence-electron chi connectivity index (χ3n) is 1.86. The number of aromatic amines is 1. The van der Waals surface area contributed by atoms with E-state index in [0.717, 1.165) is 11.3 Å². The Kier molecular flexibility index (Phi) is 2.10. The van der Waals surface area contributed by atoms with Crippen LogP contribution in [0.2, 0.25) is 0 Å². The molecule has 0 amide bonds. The Morgan fingerprint density at radius 3 is 2.54 bits per heavy atom. The number of nitrogens with one attached hydrogen (secondary N) is 1. The van der Waals surface area contributed by atoms with E-state index in [-0.39, 0.29) is 0 Å². The van der Waals surface area contributed by atoms with Crippen molar-refractivity contribution in [2.24, 2.45) is 5.73 Å². The van der Waals surface area contributed by atoms with Crippen molar-refractivity contribution < 1.29 is 0 Å². The zero-order valence-corrected chi connectivity index (χ0v) is 7.07.